The maximum Gasteiger partial charge on any atom is 0.254 e. The Morgan fingerprint density at radius 3 is 2.67 bits per heavy atom. The average Bonchev–Trinajstić information content (AvgIpc) is 2.16. The molecule has 12 heavy (non-hydrogen) atoms. The monoisotopic (exact) mass is 165 g/mol. The van der Waals surface area contributed by atoms with Gasteiger partial charge in [0.2, 0.25) is 0 Å². The third-order valence-corrected chi connectivity index (χ3v) is 1.58. The van der Waals surface area contributed by atoms with Crippen molar-refractivity contribution in [3.8, 4) is 5.75 Å². The smallest absolute Gasteiger partial charge is 0.254 e. The fourth-order valence-electron chi connectivity index (χ4n) is 0.967. The van der Waals surface area contributed by atoms with Crippen LogP contribution in [-0.4, -0.2) is 20.1 Å². The highest BCUT2D eigenvalue weighted by Gasteiger charge is 2.07. The van der Waals surface area contributed by atoms with Crippen molar-refractivity contribution < 1.29 is 9.53 Å². The van der Waals surface area contributed by atoms with Crippen molar-refractivity contribution in [1.29, 1.82) is 0 Å². The Bertz CT molecular complexity index is 284. The summed E-state index contributed by atoms with van der Waals surface area (Å²) in [6, 6.07) is 7.10. The predicted octanol–water partition coefficient (Wildman–Crippen LogP) is 1.05. The number of carbonyl (C=O) groups excluding carboxylic acids is 1. The van der Waals surface area contributed by atoms with Crippen molar-refractivity contribution in [1.82, 2.24) is 5.32 Å². The lowest BCUT2D eigenvalue weighted by atomic mass is 10.2. The van der Waals surface area contributed by atoms with Crippen LogP contribution in [-0.2, 0) is 0 Å². The Labute approximate surface area is 71.4 Å². The van der Waals surface area contributed by atoms with Gasteiger partial charge < -0.3 is 10.1 Å². The highest BCUT2D eigenvalue weighted by atomic mass is 16.5. The molecule has 1 amide bonds. The van der Waals surface area contributed by atoms with Gasteiger partial charge in [0, 0.05) is 7.05 Å². The number of para-hydroxylation sites is 1. The van der Waals surface area contributed by atoms with Gasteiger partial charge in [-0.05, 0) is 12.1 Å². The van der Waals surface area contributed by atoms with E-state index < -0.39 is 0 Å². The highest BCUT2D eigenvalue weighted by Crippen LogP contribution is 2.16. The quantitative estimate of drug-likeness (QED) is 0.711. The van der Waals surface area contributed by atoms with E-state index in [4.69, 9.17) is 4.74 Å². The molecule has 0 heterocycles. The lowest BCUT2D eigenvalue weighted by molar-refractivity contribution is 0.0960. The van der Waals surface area contributed by atoms with Crippen molar-refractivity contribution in [2.24, 2.45) is 0 Å². The van der Waals surface area contributed by atoms with Gasteiger partial charge in [0.05, 0.1) is 12.7 Å². The second-order valence-electron chi connectivity index (χ2n) is 2.28. The van der Waals surface area contributed by atoms with Gasteiger partial charge in [0.25, 0.3) is 5.91 Å². The van der Waals surface area contributed by atoms with Gasteiger partial charge in [-0.3, -0.25) is 4.79 Å². The number of rotatable bonds is 2. The highest BCUT2D eigenvalue weighted by molar-refractivity contribution is 5.96. The number of hydrogen-bond acceptors (Lipinski definition) is 2. The summed E-state index contributed by atoms with van der Waals surface area (Å²) in [5, 5.41) is 2.54. The van der Waals surface area contributed by atoms with Gasteiger partial charge in [0.1, 0.15) is 5.75 Å². The third kappa shape index (κ3) is 1.56. The number of hydrogen-bond donors (Lipinski definition) is 1. The molecule has 0 aromatic heterocycles. The molecular formula is C9H11NO2. The van der Waals surface area contributed by atoms with Crippen molar-refractivity contribution >= 4 is 5.91 Å². The fourth-order valence-corrected chi connectivity index (χ4v) is 0.967. The summed E-state index contributed by atoms with van der Waals surface area (Å²) in [6.07, 6.45) is 0. The number of nitrogens with one attached hydrogen (secondary N) is 1. The van der Waals surface area contributed by atoms with Gasteiger partial charge in [-0.1, -0.05) is 12.1 Å². The Kier molecular flexibility index (Phi) is 2.69. The van der Waals surface area contributed by atoms with Crippen LogP contribution < -0.4 is 10.1 Å². The molecule has 0 aliphatic rings. The Hall–Kier alpha value is -1.51. The Balaban J connectivity index is 3.04. The molecule has 0 saturated carbocycles. The van der Waals surface area contributed by atoms with Gasteiger partial charge in [-0.25, -0.2) is 0 Å². The summed E-state index contributed by atoms with van der Waals surface area (Å²) >= 11 is 0. The molecule has 1 N–H and O–H groups in total. The minimum atomic E-state index is -0.132. The van der Waals surface area contributed by atoms with Crippen LogP contribution >= 0.6 is 0 Å². The van der Waals surface area contributed by atoms with E-state index in [0.717, 1.165) is 0 Å². The van der Waals surface area contributed by atoms with Gasteiger partial charge in [-0.2, -0.15) is 0 Å². The van der Waals surface area contributed by atoms with Crippen LogP contribution in [0.5, 0.6) is 5.75 Å². The van der Waals surface area contributed by atoms with E-state index in [1.165, 1.54) is 0 Å². The molecule has 3 heteroatoms. The molecule has 0 spiro atoms. The van der Waals surface area contributed by atoms with Gasteiger partial charge in [0.15, 0.2) is 0 Å². The maximum absolute atomic E-state index is 11.2. The topological polar surface area (TPSA) is 38.3 Å². The number of methoxy groups -OCH3 is 1. The van der Waals surface area contributed by atoms with E-state index in [2.05, 4.69) is 5.32 Å². The largest absolute Gasteiger partial charge is 0.496 e. The fraction of sp³-hybridized carbons (Fsp3) is 0.222. The number of carbonyl (C=O) groups is 1. The van der Waals surface area contributed by atoms with Crippen molar-refractivity contribution in [2.75, 3.05) is 14.2 Å². The first-order valence-corrected chi connectivity index (χ1v) is 3.64. The second kappa shape index (κ2) is 3.76. The predicted molar refractivity (Wildman–Crippen MR) is 46.4 cm³/mol. The van der Waals surface area contributed by atoms with Crippen molar-refractivity contribution in [3.05, 3.63) is 29.8 Å². The van der Waals surface area contributed by atoms with E-state index in [9.17, 15) is 4.79 Å². The Morgan fingerprint density at radius 1 is 1.42 bits per heavy atom. The van der Waals surface area contributed by atoms with Crippen LogP contribution in [0.3, 0.4) is 0 Å². The molecule has 1 aromatic rings. The first kappa shape index (κ1) is 8.59. The second-order valence-corrected chi connectivity index (χ2v) is 2.28. The van der Waals surface area contributed by atoms with Gasteiger partial charge in [-0.15, -0.1) is 0 Å². The summed E-state index contributed by atoms with van der Waals surface area (Å²) in [7, 11) is 3.14. The number of amides is 1. The van der Waals surface area contributed by atoms with E-state index in [-0.39, 0.29) is 5.91 Å². The van der Waals surface area contributed by atoms with Crippen LogP contribution in [0.4, 0.5) is 0 Å². The molecule has 1 rings (SSSR count). The standard InChI is InChI=1S/C9H11NO2/c1-10-9(11)7-5-3-4-6-8(7)12-2/h3-6H,1-2H3,(H,10,11). The molecule has 0 saturated heterocycles. The SMILES string of the molecule is CNC(=O)c1ccccc1OC. The van der Waals surface area contributed by atoms with Crippen LogP contribution in [0.25, 0.3) is 0 Å². The minimum absolute atomic E-state index is 0.132. The molecule has 0 radical (unpaired) electrons. The van der Waals surface area contributed by atoms with Crippen molar-refractivity contribution in [3.63, 3.8) is 0 Å². The molecule has 0 unspecified atom stereocenters. The molecule has 0 bridgehead atoms. The van der Waals surface area contributed by atoms with E-state index >= 15 is 0 Å². The summed E-state index contributed by atoms with van der Waals surface area (Å²) in [4.78, 5) is 11.2. The van der Waals surface area contributed by atoms with Gasteiger partial charge >= 0.3 is 0 Å². The molecule has 0 atom stereocenters. The molecule has 0 aliphatic heterocycles. The number of benzene rings is 1. The normalized spacial score (nSPS) is 9.17. The zero-order valence-electron chi connectivity index (χ0n) is 7.13. The van der Waals surface area contributed by atoms with Crippen LogP contribution in [0.2, 0.25) is 0 Å². The summed E-state index contributed by atoms with van der Waals surface area (Å²) in [5.74, 6) is 0.462. The molecule has 3 nitrogen and oxygen atoms in total. The minimum Gasteiger partial charge on any atom is -0.496 e. The first-order valence-electron chi connectivity index (χ1n) is 3.64. The van der Waals surface area contributed by atoms with Crippen LogP contribution in [0.15, 0.2) is 24.3 Å². The van der Waals surface area contributed by atoms with Crippen molar-refractivity contribution in [2.45, 2.75) is 0 Å². The lowest BCUT2D eigenvalue weighted by Gasteiger charge is -2.05. The van der Waals surface area contributed by atoms with Crippen LogP contribution in [0.1, 0.15) is 10.4 Å². The Morgan fingerprint density at radius 2 is 2.08 bits per heavy atom. The summed E-state index contributed by atoms with van der Waals surface area (Å²) in [6.45, 7) is 0. The van der Waals surface area contributed by atoms with Crippen LogP contribution in [0, 0.1) is 0 Å². The molecule has 0 fully saturated rings. The summed E-state index contributed by atoms with van der Waals surface area (Å²) in [5.41, 5.74) is 0.558. The molecule has 0 aliphatic carbocycles. The summed E-state index contributed by atoms with van der Waals surface area (Å²) < 4.78 is 5.01. The van der Waals surface area contributed by atoms with E-state index in [1.807, 2.05) is 6.07 Å². The average molecular weight is 165 g/mol. The molecule has 64 valence electrons. The third-order valence-electron chi connectivity index (χ3n) is 1.58. The van der Waals surface area contributed by atoms with E-state index in [0.29, 0.717) is 11.3 Å². The first-order chi connectivity index (χ1) is 5.79. The molecular weight excluding hydrogens is 154 g/mol. The number of ether oxygens (including phenoxy) is 1. The zero-order chi connectivity index (χ0) is 8.97. The van der Waals surface area contributed by atoms with E-state index in [1.54, 1.807) is 32.4 Å². The lowest BCUT2D eigenvalue weighted by Crippen LogP contribution is -2.18. The maximum atomic E-state index is 11.2. The molecule has 1 aromatic carbocycles. The zero-order valence-corrected chi connectivity index (χ0v) is 7.13.